The van der Waals surface area contributed by atoms with Gasteiger partial charge < -0.3 is 0 Å². The molecule has 140 valence electrons. The van der Waals surface area contributed by atoms with Crippen molar-refractivity contribution in [2.75, 3.05) is 6.54 Å². The van der Waals surface area contributed by atoms with Crippen molar-refractivity contribution < 1.29 is 17.2 Å². The third-order valence-corrected chi connectivity index (χ3v) is 5.81. The van der Waals surface area contributed by atoms with E-state index >= 15 is 0 Å². The summed E-state index contributed by atoms with van der Waals surface area (Å²) in [6.07, 6.45) is 0.496. The van der Waals surface area contributed by atoms with Crippen LogP contribution in [0.2, 0.25) is 0 Å². The third-order valence-electron chi connectivity index (χ3n) is 4.31. The third kappa shape index (κ3) is 4.78. The molecule has 0 spiro atoms. The topological polar surface area (TPSA) is 46.2 Å². The van der Waals surface area contributed by atoms with Gasteiger partial charge in [-0.1, -0.05) is 60.7 Å². The van der Waals surface area contributed by atoms with Crippen LogP contribution in [-0.4, -0.2) is 15.0 Å². The Bertz CT molecular complexity index is 954. The Morgan fingerprint density at radius 2 is 1.37 bits per heavy atom. The lowest BCUT2D eigenvalue weighted by atomic mass is 9.89. The Morgan fingerprint density at radius 1 is 0.815 bits per heavy atom. The van der Waals surface area contributed by atoms with E-state index in [4.69, 9.17) is 0 Å². The molecule has 27 heavy (non-hydrogen) atoms. The van der Waals surface area contributed by atoms with Crippen LogP contribution in [0.4, 0.5) is 8.78 Å². The number of halogens is 2. The average molecular weight is 387 g/mol. The molecule has 0 fully saturated rings. The van der Waals surface area contributed by atoms with Gasteiger partial charge in [-0.25, -0.2) is 21.9 Å². The largest absolute Gasteiger partial charge is 0.243 e. The van der Waals surface area contributed by atoms with Crippen molar-refractivity contribution in [1.82, 2.24) is 4.72 Å². The Morgan fingerprint density at radius 3 is 1.89 bits per heavy atom. The van der Waals surface area contributed by atoms with E-state index in [1.165, 1.54) is 0 Å². The summed E-state index contributed by atoms with van der Waals surface area (Å²) in [6, 6.07) is 22.0. The molecule has 3 rings (SSSR count). The predicted octanol–water partition coefficient (Wildman–Crippen LogP) is 4.47. The van der Waals surface area contributed by atoms with Crippen LogP contribution in [-0.2, 0) is 10.0 Å². The van der Waals surface area contributed by atoms with E-state index in [1.54, 1.807) is 0 Å². The first-order valence-electron chi connectivity index (χ1n) is 8.52. The smallest absolute Gasteiger partial charge is 0.211 e. The van der Waals surface area contributed by atoms with E-state index in [9.17, 15) is 17.2 Å². The summed E-state index contributed by atoms with van der Waals surface area (Å²) < 4.78 is 53.9. The second-order valence-corrected chi connectivity index (χ2v) is 7.87. The second kappa shape index (κ2) is 8.41. The van der Waals surface area contributed by atoms with Gasteiger partial charge in [-0.15, -0.1) is 0 Å². The molecule has 1 N–H and O–H groups in total. The van der Waals surface area contributed by atoms with Crippen molar-refractivity contribution in [3.63, 3.8) is 0 Å². The van der Waals surface area contributed by atoms with Gasteiger partial charge in [-0.05, 0) is 29.7 Å². The van der Waals surface area contributed by atoms with Crippen molar-refractivity contribution in [2.24, 2.45) is 0 Å². The van der Waals surface area contributed by atoms with E-state index in [-0.39, 0.29) is 12.5 Å². The summed E-state index contributed by atoms with van der Waals surface area (Å²) >= 11 is 0. The van der Waals surface area contributed by atoms with Crippen LogP contribution in [0.1, 0.15) is 23.5 Å². The van der Waals surface area contributed by atoms with Gasteiger partial charge in [0.15, 0.2) is 0 Å². The van der Waals surface area contributed by atoms with Crippen LogP contribution in [0.15, 0.2) is 83.8 Å². The van der Waals surface area contributed by atoms with Crippen LogP contribution in [0.25, 0.3) is 0 Å². The first kappa shape index (κ1) is 19.2. The molecule has 0 radical (unpaired) electrons. The maximum atomic E-state index is 13.8. The van der Waals surface area contributed by atoms with Crippen molar-refractivity contribution >= 4 is 10.0 Å². The lowest BCUT2D eigenvalue weighted by Gasteiger charge is -2.18. The van der Waals surface area contributed by atoms with E-state index in [1.807, 2.05) is 60.7 Å². The molecule has 0 saturated heterocycles. The molecular formula is C21H19F2NO2S. The zero-order valence-corrected chi connectivity index (χ0v) is 15.3. The minimum Gasteiger partial charge on any atom is -0.211 e. The Labute approximate surface area is 157 Å². The van der Waals surface area contributed by atoms with Gasteiger partial charge in [0.05, 0.1) is 0 Å². The second-order valence-electron chi connectivity index (χ2n) is 6.14. The van der Waals surface area contributed by atoms with Crippen LogP contribution >= 0.6 is 0 Å². The maximum Gasteiger partial charge on any atom is 0.243 e. The van der Waals surface area contributed by atoms with Crippen molar-refractivity contribution in [3.05, 3.63) is 102 Å². The maximum absolute atomic E-state index is 13.8. The van der Waals surface area contributed by atoms with Gasteiger partial charge in [0.2, 0.25) is 10.0 Å². The molecule has 0 saturated carbocycles. The van der Waals surface area contributed by atoms with Crippen LogP contribution in [0.3, 0.4) is 0 Å². The number of hydrogen-bond acceptors (Lipinski definition) is 2. The Kier molecular flexibility index (Phi) is 5.98. The first-order valence-corrected chi connectivity index (χ1v) is 10.0. The normalized spacial score (nSPS) is 11.7. The fourth-order valence-corrected chi connectivity index (χ4v) is 4.11. The van der Waals surface area contributed by atoms with Crippen LogP contribution in [0, 0.1) is 11.6 Å². The predicted molar refractivity (Wildman–Crippen MR) is 101 cm³/mol. The van der Waals surface area contributed by atoms with E-state index < -0.39 is 26.6 Å². The van der Waals surface area contributed by atoms with Gasteiger partial charge in [0, 0.05) is 18.5 Å². The van der Waals surface area contributed by atoms with Crippen LogP contribution < -0.4 is 4.72 Å². The van der Waals surface area contributed by atoms with E-state index in [2.05, 4.69) is 4.72 Å². The van der Waals surface area contributed by atoms with Gasteiger partial charge in [0.25, 0.3) is 0 Å². The highest BCUT2D eigenvalue weighted by Gasteiger charge is 2.20. The van der Waals surface area contributed by atoms with Crippen LogP contribution in [0.5, 0.6) is 0 Å². The summed E-state index contributed by atoms with van der Waals surface area (Å²) in [7, 11) is -4.06. The highest BCUT2D eigenvalue weighted by Crippen LogP contribution is 2.27. The number of nitrogens with one attached hydrogen (secondary N) is 1. The Hall–Kier alpha value is -2.57. The fraction of sp³-hybridized carbons (Fsp3) is 0.143. The molecule has 0 aromatic heterocycles. The molecule has 3 aromatic rings. The monoisotopic (exact) mass is 387 g/mol. The van der Waals surface area contributed by atoms with Gasteiger partial charge >= 0.3 is 0 Å². The zero-order chi connectivity index (χ0) is 19.3. The molecule has 6 heteroatoms. The van der Waals surface area contributed by atoms with Crippen molar-refractivity contribution in [1.29, 1.82) is 0 Å². The lowest BCUT2D eigenvalue weighted by molar-refractivity contribution is 0.541. The molecule has 3 nitrogen and oxygen atoms in total. The van der Waals surface area contributed by atoms with Crippen molar-refractivity contribution in [3.8, 4) is 0 Å². The molecule has 0 amide bonds. The fourth-order valence-electron chi connectivity index (χ4n) is 3.01. The molecule has 0 aliphatic heterocycles. The van der Waals surface area contributed by atoms with E-state index in [0.29, 0.717) is 12.5 Å². The summed E-state index contributed by atoms with van der Waals surface area (Å²) in [5.74, 6) is -1.93. The highest BCUT2D eigenvalue weighted by molar-refractivity contribution is 7.89. The molecule has 0 unspecified atom stereocenters. The van der Waals surface area contributed by atoms with Gasteiger partial charge in [-0.2, -0.15) is 0 Å². The molecular weight excluding hydrogens is 368 g/mol. The molecule has 0 heterocycles. The van der Waals surface area contributed by atoms with Gasteiger partial charge in [0.1, 0.15) is 16.5 Å². The molecule has 0 bridgehead atoms. The van der Waals surface area contributed by atoms with Gasteiger partial charge in [-0.3, -0.25) is 0 Å². The zero-order valence-electron chi connectivity index (χ0n) is 14.5. The molecule has 0 atom stereocenters. The number of rotatable bonds is 7. The lowest BCUT2D eigenvalue weighted by Crippen LogP contribution is -2.27. The number of hydrogen-bond donors (Lipinski definition) is 1. The Balaban J connectivity index is 1.76. The first-order chi connectivity index (χ1) is 13.0. The standard InChI is InChI=1S/C21H19F2NO2S/c22-18-11-12-21(20(23)15-18)27(25,26)24-14-13-19(16-7-3-1-4-8-16)17-9-5-2-6-10-17/h1-12,15,19,24H,13-14H2. The summed E-state index contributed by atoms with van der Waals surface area (Å²) in [4.78, 5) is -0.556. The number of benzene rings is 3. The number of sulfonamides is 1. The summed E-state index contributed by atoms with van der Waals surface area (Å²) in [6.45, 7) is 0.119. The summed E-state index contributed by atoms with van der Waals surface area (Å²) in [5, 5.41) is 0. The molecule has 0 aliphatic rings. The molecule has 0 aliphatic carbocycles. The highest BCUT2D eigenvalue weighted by atomic mass is 32.2. The average Bonchev–Trinajstić information content (AvgIpc) is 2.66. The summed E-state index contributed by atoms with van der Waals surface area (Å²) in [5.41, 5.74) is 2.13. The minimum atomic E-state index is -4.06. The van der Waals surface area contributed by atoms with E-state index in [0.717, 1.165) is 23.3 Å². The molecule has 3 aromatic carbocycles. The minimum absolute atomic E-state index is 0.00633. The van der Waals surface area contributed by atoms with Crippen molar-refractivity contribution in [2.45, 2.75) is 17.2 Å². The SMILES string of the molecule is O=S(=O)(NCCC(c1ccccc1)c1ccccc1)c1ccc(F)cc1F. The quantitative estimate of drug-likeness (QED) is 0.650.